The van der Waals surface area contributed by atoms with E-state index in [1.54, 1.807) is 7.11 Å². The minimum atomic E-state index is 0.351. The van der Waals surface area contributed by atoms with Gasteiger partial charge >= 0.3 is 0 Å². The molecule has 2 aromatic rings. The molecule has 1 unspecified atom stereocenters. The number of rotatable bonds is 4. The number of hydrogen-bond donors (Lipinski definition) is 0. The maximum Gasteiger partial charge on any atom is 0.133 e. The number of methoxy groups -OCH3 is 1. The minimum Gasteiger partial charge on any atom is -0.384 e. The highest BCUT2D eigenvalue weighted by Crippen LogP contribution is 2.28. The zero-order valence-electron chi connectivity index (χ0n) is 12.2. The fraction of sp³-hybridized carbons (Fsp3) is 0.571. The van der Waals surface area contributed by atoms with E-state index in [0.717, 1.165) is 36.8 Å². The van der Waals surface area contributed by atoms with Gasteiger partial charge < -0.3 is 13.8 Å². The van der Waals surface area contributed by atoms with Crippen LogP contribution in [0.4, 0.5) is 0 Å². The number of aromatic nitrogens is 3. The largest absolute Gasteiger partial charge is 0.384 e. The fourth-order valence-electron chi connectivity index (χ4n) is 2.98. The van der Waals surface area contributed by atoms with Crippen LogP contribution in [0, 0.1) is 6.92 Å². The predicted molar refractivity (Wildman–Crippen MR) is 73.2 cm³/mol. The van der Waals surface area contributed by atoms with Crippen LogP contribution in [0.25, 0.3) is 0 Å². The van der Waals surface area contributed by atoms with Crippen LogP contribution in [0.1, 0.15) is 28.8 Å². The van der Waals surface area contributed by atoms with E-state index in [1.165, 1.54) is 5.69 Å². The first kappa shape index (κ1) is 13.3. The molecule has 1 aliphatic rings. The Morgan fingerprint density at radius 1 is 1.50 bits per heavy atom. The van der Waals surface area contributed by atoms with Crippen molar-refractivity contribution in [1.29, 1.82) is 0 Å². The van der Waals surface area contributed by atoms with Gasteiger partial charge in [0.15, 0.2) is 0 Å². The van der Waals surface area contributed by atoms with Gasteiger partial charge in [-0.25, -0.2) is 4.98 Å². The smallest absolute Gasteiger partial charge is 0.133 e. The molecule has 2 aromatic heterocycles. The molecule has 0 saturated heterocycles. The lowest BCUT2D eigenvalue weighted by Gasteiger charge is -2.32. The van der Waals surface area contributed by atoms with Gasteiger partial charge in [-0.15, -0.1) is 0 Å². The number of hydrogen-bond acceptors (Lipinski definition) is 5. The number of aryl methyl sites for hydroxylation is 2. The van der Waals surface area contributed by atoms with E-state index in [-0.39, 0.29) is 0 Å². The average Bonchev–Trinajstić information content (AvgIpc) is 2.97. The van der Waals surface area contributed by atoms with Crippen LogP contribution in [0.5, 0.6) is 0 Å². The topological polar surface area (TPSA) is 56.3 Å². The minimum absolute atomic E-state index is 0.351. The molecule has 6 heteroatoms. The molecule has 3 rings (SSSR count). The predicted octanol–water partition coefficient (Wildman–Crippen LogP) is 1.46. The average molecular weight is 276 g/mol. The Hall–Kier alpha value is -1.66. The zero-order valence-corrected chi connectivity index (χ0v) is 12.2. The summed E-state index contributed by atoms with van der Waals surface area (Å²) < 4.78 is 12.6. The summed E-state index contributed by atoms with van der Waals surface area (Å²) in [6.07, 6.45) is 1.89. The maximum absolute atomic E-state index is 5.36. The Balaban J connectivity index is 1.79. The summed E-state index contributed by atoms with van der Waals surface area (Å²) in [7, 11) is 3.79. The van der Waals surface area contributed by atoms with Crippen molar-refractivity contribution in [2.24, 2.45) is 7.05 Å². The highest BCUT2D eigenvalue weighted by molar-refractivity contribution is 5.22. The van der Waals surface area contributed by atoms with Crippen LogP contribution >= 0.6 is 0 Å². The van der Waals surface area contributed by atoms with E-state index in [2.05, 4.69) is 19.6 Å². The van der Waals surface area contributed by atoms with Gasteiger partial charge in [-0.05, 0) is 6.92 Å². The maximum atomic E-state index is 5.36. The first-order valence-electron chi connectivity index (χ1n) is 6.81. The van der Waals surface area contributed by atoms with Crippen molar-refractivity contribution >= 4 is 0 Å². The van der Waals surface area contributed by atoms with Crippen molar-refractivity contribution in [3.8, 4) is 0 Å². The molecular weight excluding hydrogens is 256 g/mol. The van der Waals surface area contributed by atoms with E-state index in [4.69, 9.17) is 9.26 Å². The summed E-state index contributed by atoms with van der Waals surface area (Å²) in [6, 6.07) is 1.99. The Bertz CT molecular complexity index is 590. The monoisotopic (exact) mass is 276 g/mol. The molecule has 0 amide bonds. The van der Waals surface area contributed by atoms with Gasteiger partial charge in [-0.3, -0.25) is 4.90 Å². The number of imidazole rings is 1. The first-order chi connectivity index (χ1) is 9.67. The molecule has 20 heavy (non-hydrogen) atoms. The Kier molecular flexibility index (Phi) is 3.58. The molecule has 108 valence electrons. The fourth-order valence-corrected chi connectivity index (χ4v) is 2.98. The van der Waals surface area contributed by atoms with Gasteiger partial charge in [0.05, 0.1) is 24.3 Å². The van der Waals surface area contributed by atoms with E-state index in [0.29, 0.717) is 12.5 Å². The summed E-state index contributed by atoms with van der Waals surface area (Å²) in [4.78, 5) is 6.85. The molecule has 1 atom stereocenters. The second-order valence-electron chi connectivity index (χ2n) is 5.44. The third-order valence-electron chi connectivity index (χ3n) is 3.73. The molecule has 3 heterocycles. The lowest BCUT2D eigenvalue weighted by atomic mass is 9.99. The molecule has 0 bridgehead atoms. The first-order valence-corrected chi connectivity index (χ1v) is 6.81. The lowest BCUT2D eigenvalue weighted by molar-refractivity contribution is 0.130. The van der Waals surface area contributed by atoms with Gasteiger partial charge in [-0.1, -0.05) is 5.16 Å². The Labute approximate surface area is 118 Å². The molecule has 0 fully saturated rings. The van der Waals surface area contributed by atoms with Crippen LogP contribution in [0.3, 0.4) is 0 Å². The second kappa shape index (κ2) is 5.38. The van der Waals surface area contributed by atoms with E-state index in [1.807, 2.05) is 26.4 Å². The van der Waals surface area contributed by atoms with Crippen LogP contribution in [0.2, 0.25) is 0 Å². The standard InChI is InChI=1S/C14H20N4O2/c1-10-4-12(16-20-10)6-18-5-11(8-19-3)14-13(7-18)15-9-17(14)2/h4,9,11H,5-8H2,1-3H3. The van der Waals surface area contributed by atoms with Crippen LogP contribution in [0.15, 0.2) is 16.9 Å². The van der Waals surface area contributed by atoms with E-state index >= 15 is 0 Å². The van der Waals surface area contributed by atoms with Crippen molar-refractivity contribution in [3.05, 3.63) is 35.2 Å². The SMILES string of the molecule is COCC1CN(Cc2cc(C)on2)Cc2ncn(C)c21. The second-order valence-corrected chi connectivity index (χ2v) is 5.44. The van der Waals surface area contributed by atoms with Crippen molar-refractivity contribution in [2.45, 2.75) is 25.9 Å². The summed E-state index contributed by atoms with van der Waals surface area (Å²) in [6.45, 7) is 5.21. The zero-order chi connectivity index (χ0) is 14.1. The van der Waals surface area contributed by atoms with Gasteiger partial charge in [0.2, 0.25) is 0 Å². The molecule has 0 aliphatic carbocycles. The normalized spacial score (nSPS) is 19.2. The van der Waals surface area contributed by atoms with Crippen LogP contribution in [-0.4, -0.2) is 39.9 Å². The summed E-state index contributed by atoms with van der Waals surface area (Å²) in [5, 5.41) is 4.07. The molecular formula is C14H20N4O2. The molecule has 6 nitrogen and oxygen atoms in total. The van der Waals surface area contributed by atoms with Crippen LogP contribution in [-0.2, 0) is 24.9 Å². The molecule has 0 spiro atoms. The summed E-state index contributed by atoms with van der Waals surface area (Å²) >= 11 is 0. The lowest BCUT2D eigenvalue weighted by Crippen LogP contribution is -2.35. The molecule has 1 aliphatic heterocycles. The highest BCUT2D eigenvalue weighted by atomic mass is 16.5. The Morgan fingerprint density at radius 3 is 3.05 bits per heavy atom. The van der Waals surface area contributed by atoms with Crippen molar-refractivity contribution in [3.63, 3.8) is 0 Å². The van der Waals surface area contributed by atoms with Gasteiger partial charge in [-0.2, -0.15) is 0 Å². The summed E-state index contributed by atoms with van der Waals surface area (Å²) in [5.41, 5.74) is 3.40. The summed E-state index contributed by atoms with van der Waals surface area (Å²) in [5.74, 6) is 1.20. The molecule has 0 radical (unpaired) electrons. The molecule has 0 N–H and O–H groups in total. The highest BCUT2D eigenvalue weighted by Gasteiger charge is 2.29. The van der Waals surface area contributed by atoms with E-state index in [9.17, 15) is 0 Å². The van der Waals surface area contributed by atoms with Gasteiger partial charge in [0, 0.05) is 51.5 Å². The number of nitrogens with zero attached hydrogens (tertiary/aromatic N) is 4. The van der Waals surface area contributed by atoms with Crippen molar-refractivity contribution in [1.82, 2.24) is 19.6 Å². The van der Waals surface area contributed by atoms with Crippen molar-refractivity contribution < 1.29 is 9.26 Å². The van der Waals surface area contributed by atoms with E-state index < -0.39 is 0 Å². The third kappa shape index (κ3) is 2.48. The molecule has 0 aromatic carbocycles. The molecule has 0 saturated carbocycles. The van der Waals surface area contributed by atoms with Crippen molar-refractivity contribution in [2.75, 3.05) is 20.3 Å². The Morgan fingerprint density at radius 2 is 2.35 bits per heavy atom. The van der Waals surface area contributed by atoms with Gasteiger partial charge in [0.25, 0.3) is 0 Å². The number of fused-ring (bicyclic) bond motifs is 1. The van der Waals surface area contributed by atoms with Crippen LogP contribution < -0.4 is 0 Å². The quantitative estimate of drug-likeness (QED) is 0.846. The third-order valence-corrected chi connectivity index (χ3v) is 3.73. The number of ether oxygens (including phenoxy) is 1. The van der Waals surface area contributed by atoms with Gasteiger partial charge in [0.1, 0.15) is 5.76 Å².